The molecule has 1 fully saturated rings. The summed E-state index contributed by atoms with van der Waals surface area (Å²) in [6.07, 6.45) is 3.50. The van der Waals surface area contributed by atoms with Crippen molar-refractivity contribution in [3.8, 4) is 5.75 Å². The lowest BCUT2D eigenvalue weighted by atomic mass is 10.0. The molecule has 2 N–H and O–H groups in total. The Bertz CT molecular complexity index is 851. The molecule has 1 aliphatic rings. The van der Waals surface area contributed by atoms with Crippen LogP contribution in [0.2, 0.25) is 0 Å². The fourth-order valence-electron chi connectivity index (χ4n) is 3.69. The molecule has 30 heavy (non-hydrogen) atoms. The number of piperidine rings is 1. The van der Waals surface area contributed by atoms with Crippen LogP contribution in [0.15, 0.2) is 48.5 Å². The molecule has 0 saturated carbocycles. The number of benzene rings is 2. The number of methoxy groups -OCH3 is 1. The summed E-state index contributed by atoms with van der Waals surface area (Å²) < 4.78 is 18.9. The molecule has 2 aromatic carbocycles. The molecule has 2 aromatic rings. The van der Waals surface area contributed by atoms with Crippen molar-refractivity contribution in [3.05, 3.63) is 65.5 Å². The fraction of sp³-hybridized carbons (Fsp3) is 0.391. The van der Waals surface area contributed by atoms with Gasteiger partial charge < -0.3 is 15.4 Å². The summed E-state index contributed by atoms with van der Waals surface area (Å²) in [7, 11) is 1.63. The Morgan fingerprint density at radius 2 is 1.73 bits per heavy atom. The molecule has 1 aliphatic heterocycles. The van der Waals surface area contributed by atoms with E-state index in [1.165, 1.54) is 24.6 Å². The van der Waals surface area contributed by atoms with Crippen LogP contribution in [0.3, 0.4) is 0 Å². The van der Waals surface area contributed by atoms with Crippen LogP contribution in [0.1, 0.15) is 41.2 Å². The molecule has 6 nitrogen and oxygen atoms in total. The first-order valence-electron chi connectivity index (χ1n) is 10.3. The van der Waals surface area contributed by atoms with Gasteiger partial charge in [0.1, 0.15) is 11.6 Å². The maximum absolute atomic E-state index is 13.7. The minimum atomic E-state index is -0.611. The van der Waals surface area contributed by atoms with Gasteiger partial charge in [0.15, 0.2) is 0 Å². The predicted molar refractivity (Wildman–Crippen MR) is 113 cm³/mol. The van der Waals surface area contributed by atoms with Crippen LogP contribution < -0.4 is 15.4 Å². The normalized spacial score (nSPS) is 15.3. The summed E-state index contributed by atoms with van der Waals surface area (Å²) in [4.78, 5) is 26.8. The lowest BCUT2D eigenvalue weighted by Crippen LogP contribution is -2.43. The number of hydrogen-bond donors (Lipinski definition) is 2. The van der Waals surface area contributed by atoms with Crippen molar-refractivity contribution in [2.75, 3.05) is 33.3 Å². The Balaban J connectivity index is 1.58. The molecule has 0 bridgehead atoms. The third kappa shape index (κ3) is 5.79. The van der Waals surface area contributed by atoms with Crippen LogP contribution in [0.25, 0.3) is 0 Å². The van der Waals surface area contributed by atoms with Crippen molar-refractivity contribution in [3.63, 3.8) is 0 Å². The van der Waals surface area contributed by atoms with Crippen molar-refractivity contribution in [2.24, 2.45) is 0 Å². The van der Waals surface area contributed by atoms with E-state index in [9.17, 15) is 14.0 Å². The highest BCUT2D eigenvalue weighted by molar-refractivity contribution is 5.96. The summed E-state index contributed by atoms with van der Waals surface area (Å²) in [5.74, 6) is -0.739. The molecule has 160 valence electrons. The minimum Gasteiger partial charge on any atom is -0.497 e. The molecule has 0 aliphatic carbocycles. The molecule has 2 amide bonds. The van der Waals surface area contributed by atoms with Crippen LogP contribution in [-0.4, -0.2) is 50.0 Å². The second-order valence-electron chi connectivity index (χ2n) is 7.35. The lowest BCUT2D eigenvalue weighted by Gasteiger charge is -2.35. The highest BCUT2D eigenvalue weighted by atomic mass is 19.1. The summed E-state index contributed by atoms with van der Waals surface area (Å²) in [5, 5.41) is 5.38. The Hall–Kier alpha value is -2.93. The monoisotopic (exact) mass is 413 g/mol. The third-order valence-corrected chi connectivity index (χ3v) is 5.35. The van der Waals surface area contributed by atoms with Crippen LogP contribution in [0, 0.1) is 5.82 Å². The van der Waals surface area contributed by atoms with Gasteiger partial charge in [0.25, 0.3) is 5.91 Å². The van der Waals surface area contributed by atoms with E-state index in [2.05, 4.69) is 15.5 Å². The van der Waals surface area contributed by atoms with Crippen LogP contribution in [0.5, 0.6) is 5.75 Å². The number of amides is 2. The van der Waals surface area contributed by atoms with Gasteiger partial charge in [-0.2, -0.15) is 0 Å². The molecular weight excluding hydrogens is 385 g/mol. The average molecular weight is 413 g/mol. The quantitative estimate of drug-likeness (QED) is 0.698. The standard InChI is InChI=1S/C23H28FN3O3/c1-30-18-11-9-17(10-12-18)21(27-13-5-2-6-14-27)15-25-22(28)16-26-23(29)19-7-3-4-8-20(19)24/h3-4,7-12,21H,2,5-6,13-16H2,1H3,(H,25,28)(H,26,29). The summed E-state index contributed by atoms with van der Waals surface area (Å²) >= 11 is 0. The van der Waals surface area contributed by atoms with Crippen molar-refractivity contribution in [1.29, 1.82) is 0 Å². The van der Waals surface area contributed by atoms with E-state index in [1.807, 2.05) is 24.3 Å². The third-order valence-electron chi connectivity index (χ3n) is 5.35. The second-order valence-corrected chi connectivity index (χ2v) is 7.35. The number of nitrogens with one attached hydrogen (secondary N) is 2. The zero-order valence-corrected chi connectivity index (χ0v) is 17.2. The van der Waals surface area contributed by atoms with Gasteiger partial charge in [-0.15, -0.1) is 0 Å². The van der Waals surface area contributed by atoms with E-state index in [-0.39, 0.29) is 24.1 Å². The van der Waals surface area contributed by atoms with Gasteiger partial charge in [0.05, 0.1) is 25.3 Å². The maximum Gasteiger partial charge on any atom is 0.254 e. The van der Waals surface area contributed by atoms with E-state index in [0.29, 0.717) is 6.54 Å². The number of nitrogens with zero attached hydrogens (tertiary/aromatic N) is 1. The molecule has 3 rings (SSSR count). The Morgan fingerprint density at radius 3 is 2.40 bits per heavy atom. The highest BCUT2D eigenvalue weighted by Gasteiger charge is 2.23. The van der Waals surface area contributed by atoms with Crippen molar-refractivity contribution >= 4 is 11.8 Å². The van der Waals surface area contributed by atoms with E-state index < -0.39 is 11.7 Å². The van der Waals surface area contributed by atoms with E-state index in [1.54, 1.807) is 13.2 Å². The van der Waals surface area contributed by atoms with E-state index in [0.717, 1.165) is 37.2 Å². The van der Waals surface area contributed by atoms with Gasteiger partial charge in [-0.05, 0) is 55.8 Å². The molecule has 7 heteroatoms. The van der Waals surface area contributed by atoms with Gasteiger partial charge in [0, 0.05) is 6.54 Å². The first-order chi connectivity index (χ1) is 14.6. The predicted octanol–water partition coefficient (Wildman–Crippen LogP) is 2.91. The molecule has 1 unspecified atom stereocenters. The highest BCUT2D eigenvalue weighted by Crippen LogP contribution is 2.25. The number of carbonyl (C=O) groups is 2. The first kappa shape index (κ1) is 21.8. The van der Waals surface area contributed by atoms with Crippen LogP contribution in [-0.2, 0) is 4.79 Å². The van der Waals surface area contributed by atoms with Crippen LogP contribution >= 0.6 is 0 Å². The van der Waals surface area contributed by atoms with Crippen molar-refractivity contribution in [1.82, 2.24) is 15.5 Å². The summed E-state index contributed by atoms with van der Waals surface area (Å²) in [6, 6.07) is 13.6. The molecule has 1 heterocycles. The molecule has 1 saturated heterocycles. The number of halogens is 1. The number of carbonyl (C=O) groups excluding carboxylic acids is 2. The van der Waals surface area contributed by atoms with E-state index in [4.69, 9.17) is 4.74 Å². The minimum absolute atomic E-state index is 0.0439. The van der Waals surface area contributed by atoms with Gasteiger partial charge in [-0.3, -0.25) is 14.5 Å². The second kappa shape index (κ2) is 10.7. The Labute approximate surface area is 176 Å². The SMILES string of the molecule is COc1ccc(C(CNC(=O)CNC(=O)c2ccccc2F)N2CCCCC2)cc1. The molecule has 0 radical (unpaired) electrons. The Kier molecular flexibility index (Phi) is 7.79. The van der Waals surface area contributed by atoms with Crippen molar-refractivity contribution < 1.29 is 18.7 Å². The van der Waals surface area contributed by atoms with Gasteiger partial charge in [-0.1, -0.05) is 30.7 Å². The number of rotatable bonds is 8. The molecule has 0 aromatic heterocycles. The van der Waals surface area contributed by atoms with Gasteiger partial charge >= 0.3 is 0 Å². The fourth-order valence-corrected chi connectivity index (χ4v) is 3.69. The Morgan fingerprint density at radius 1 is 1.03 bits per heavy atom. The van der Waals surface area contributed by atoms with Gasteiger partial charge in [0.2, 0.25) is 5.91 Å². The number of likely N-dealkylation sites (tertiary alicyclic amines) is 1. The molecular formula is C23H28FN3O3. The zero-order valence-electron chi connectivity index (χ0n) is 17.2. The first-order valence-corrected chi connectivity index (χ1v) is 10.3. The number of hydrogen-bond acceptors (Lipinski definition) is 4. The van der Waals surface area contributed by atoms with Gasteiger partial charge in [-0.25, -0.2) is 4.39 Å². The van der Waals surface area contributed by atoms with Crippen LogP contribution in [0.4, 0.5) is 4.39 Å². The summed E-state index contributed by atoms with van der Waals surface area (Å²) in [5.41, 5.74) is 1.03. The largest absolute Gasteiger partial charge is 0.497 e. The molecule has 1 atom stereocenters. The average Bonchev–Trinajstić information content (AvgIpc) is 2.79. The lowest BCUT2D eigenvalue weighted by molar-refractivity contribution is -0.120. The van der Waals surface area contributed by atoms with E-state index >= 15 is 0 Å². The zero-order chi connectivity index (χ0) is 21.3. The van der Waals surface area contributed by atoms with Crippen molar-refractivity contribution in [2.45, 2.75) is 25.3 Å². The topological polar surface area (TPSA) is 70.7 Å². The summed E-state index contributed by atoms with van der Waals surface area (Å²) in [6.45, 7) is 2.19. The maximum atomic E-state index is 13.7. The smallest absolute Gasteiger partial charge is 0.254 e. The molecule has 0 spiro atoms. The number of ether oxygens (including phenoxy) is 1.